The summed E-state index contributed by atoms with van der Waals surface area (Å²) in [6.45, 7) is 4.86. The van der Waals surface area contributed by atoms with Crippen LogP contribution >= 0.6 is 0 Å². The maximum atomic E-state index is 12.4. The van der Waals surface area contributed by atoms with Gasteiger partial charge in [0.2, 0.25) is 5.91 Å². The van der Waals surface area contributed by atoms with Crippen molar-refractivity contribution in [1.82, 2.24) is 5.32 Å². The van der Waals surface area contributed by atoms with Crippen molar-refractivity contribution in [2.24, 2.45) is 0 Å². The zero-order chi connectivity index (χ0) is 46.5. The van der Waals surface area contributed by atoms with E-state index in [-0.39, 0.29) is 18.5 Å². The Morgan fingerprint density at radius 3 is 1.20 bits per heavy atom. The number of aliphatic hydroxyl groups excluding tert-OH is 2. The lowest BCUT2D eigenvalue weighted by Crippen LogP contribution is -2.45. The van der Waals surface area contributed by atoms with Crippen molar-refractivity contribution < 1.29 is 24.5 Å². The SMILES string of the molecule is CCCCCC/C=C\C/C=C\CCCCCCCCCC(=O)OCCCCCCCCCCCCCCCCC(=O)NC(CO)C(O)/C=C/CCCCCCCCCCCCCCC. The van der Waals surface area contributed by atoms with E-state index in [0.717, 1.165) is 64.2 Å². The Labute approximate surface area is 398 Å². The molecule has 0 saturated heterocycles. The van der Waals surface area contributed by atoms with Crippen LogP contribution in [0, 0.1) is 0 Å². The Balaban J connectivity index is 3.47. The summed E-state index contributed by atoms with van der Waals surface area (Å²) in [5, 5.41) is 23.1. The molecule has 6 nitrogen and oxygen atoms in total. The molecule has 0 aromatic carbocycles. The highest BCUT2D eigenvalue weighted by atomic mass is 16.5. The molecule has 0 fully saturated rings. The van der Waals surface area contributed by atoms with E-state index in [1.54, 1.807) is 6.08 Å². The van der Waals surface area contributed by atoms with Crippen molar-refractivity contribution in [3.63, 3.8) is 0 Å². The number of aliphatic hydroxyl groups is 2. The second kappa shape index (κ2) is 53.7. The van der Waals surface area contributed by atoms with Crippen LogP contribution in [0.2, 0.25) is 0 Å². The number of carbonyl (C=O) groups is 2. The van der Waals surface area contributed by atoms with Gasteiger partial charge in [0, 0.05) is 12.8 Å². The van der Waals surface area contributed by atoms with E-state index < -0.39 is 12.1 Å². The zero-order valence-corrected chi connectivity index (χ0v) is 42.8. The van der Waals surface area contributed by atoms with Gasteiger partial charge in [0.15, 0.2) is 0 Å². The predicted octanol–water partition coefficient (Wildman–Crippen LogP) is 17.2. The van der Waals surface area contributed by atoms with Crippen LogP contribution in [0.3, 0.4) is 0 Å². The van der Waals surface area contributed by atoms with E-state index in [4.69, 9.17) is 4.74 Å². The summed E-state index contributed by atoms with van der Waals surface area (Å²) in [5.74, 6) is -0.0893. The Kier molecular flexibility index (Phi) is 52.1. The van der Waals surface area contributed by atoms with Gasteiger partial charge < -0.3 is 20.3 Å². The third kappa shape index (κ3) is 49.5. The molecule has 0 spiro atoms. The van der Waals surface area contributed by atoms with E-state index in [9.17, 15) is 19.8 Å². The Morgan fingerprint density at radius 2 is 0.781 bits per heavy atom. The molecule has 0 heterocycles. The van der Waals surface area contributed by atoms with Crippen LogP contribution in [0.5, 0.6) is 0 Å². The molecule has 0 bridgehead atoms. The fraction of sp³-hybridized carbons (Fsp3) is 0.862. The highest BCUT2D eigenvalue weighted by molar-refractivity contribution is 5.76. The number of amides is 1. The van der Waals surface area contributed by atoms with Gasteiger partial charge in [-0.1, -0.05) is 256 Å². The fourth-order valence-corrected chi connectivity index (χ4v) is 8.55. The maximum Gasteiger partial charge on any atom is 0.305 e. The number of rotatable bonds is 52. The number of esters is 1. The first-order valence-electron chi connectivity index (χ1n) is 28.3. The normalized spacial score (nSPS) is 12.9. The molecule has 0 radical (unpaired) electrons. The molecule has 376 valence electrons. The highest BCUT2D eigenvalue weighted by Gasteiger charge is 2.18. The van der Waals surface area contributed by atoms with Crippen LogP contribution in [0.4, 0.5) is 0 Å². The van der Waals surface area contributed by atoms with Gasteiger partial charge in [0.25, 0.3) is 0 Å². The fourth-order valence-electron chi connectivity index (χ4n) is 8.55. The number of unbranched alkanes of at least 4 members (excludes halogenated alkanes) is 37. The first-order chi connectivity index (χ1) is 31.5. The number of hydrogen-bond acceptors (Lipinski definition) is 5. The molecule has 3 N–H and O–H groups in total. The quantitative estimate of drug-likeness (QED) is 0.0321. The van der Waals surface area contributed by atoms with Crippen molar-refractivity contribution in [2.45, 2.75) is 309 Å². The number of hydrogen-bond donors (Lipinski definition) is 3. The lowest BCUT2D eigenvalue weighted by Gasteiger charge is -2.20. The second-order valence-electron chi connectivity index (χ2n) is 19.3. The maximum absolute atomic E-state index is 12.4. The van der Waals surface area contributed by atoms with Crippen LogP contribution in [0.1, 0.15) is 296 Å². The number of allylic oxidation sites excluding steroid dienone is 5. The molecule has 0 aliphatic rings. The Bertz CT molecular complexity index is 1040. The van der Waals surface area contributed by atoms with Crippen LogP contribution in [0.15, 0.2) is 36.5 Å². The van der Waals surface area contributed by atoms with E-state index in [2.05, 4.69) is 43.5 Å². The largest absolute Gasteiger partial charge is 0.466 e. The molecule has 64 heavy (non-hydrogen) atoms. The monoisotopic (exact) mass is 900 g/mol. The van der Waals surface area contributed by atoms with E-state index in [1.807, 2.05) is 6.08 Å². The molecule has 0 aromatic heterocycles. The lowest BCUT2D eigenvalue weighted by molar-refractivity contribution is -0.143. The van der Waals surface area contributed by atoms with E-state index in [0.29, 0.717) is 19.4 Å². The van der Waals surface area contributed by atoms with Crippen LogP contribution in [-0.4, -0.2) is 47.4 Å². The van der Waals surface area contributed by atoms with Gasteiger partial charge in [-0.25, -0.2) is 0 Å². The van der Waals surface area contributed by atoms with Crippen molar-refractivity contribution >= 4 is 11.9 Å². The summed E-state index contributed by atoms with van der Waals surface area (Å²) in [6, 6.07) is -0.636. The van der Waals surface area contributed by atoms with Gasteiger partial charge in [0.1, 0.15) is 0 Å². The highest BCUT2D eigenvalue weighted by Crippen LogP contribution is 2.16. The van der Waals surface area contributed by atoms with Gasteiger partial charge in [0.05, 0.1) is 25.4 Å². The van der Waals surface area contributed by atoms with E-state index in [1.165, 1.54) is 205 Å². The average Bonchev–Trinajstić information content (AvgIpc) is 3.29. The number of ether oxygens (including phenoxy) is 1. The minimum absolute atomic E-state index is 0.0109. The third-order valence-corrected chi connectivity index (χ3v) is 12.9. The molecule has 0 rings (SSSR count). The standard InChI is InChI=1S/C58H109NO5/c1-3-5-7-9-11-13-15-17-19-20-21-23-28-32-36-40-44-48-52-58(63)64-53-49-45-41-37-33-29-25-24-27-31-35-39-43-47-51-57(62)59-55(54-60)56(61)50-46-42-38-34-30-26-22-18-16-14-12-10-8-6-4-2/h13,15,19-20,46,50,55-56,60-61H,3-12,14,16-18,21-45,47-49,51-54H2,1-2H3,(H,59,62)/b15-13-,20-19-,50-46+. The van der Waals surface area contributed by atoms with E-state index >= 15 is 0 Å². The Hall–Kier alpha value is -1.92. The van der Waals surface area contributed by atoms with Crippen LogP contribution in [-0.2, 0) is 14.3 Å². The molecule has 0 aromatic rings. The smallest absolute Gasteiger partial charge is 0.305 e. The molecule has 1 amide bonds. The number of nitrogens with one attached hydrogen (secondary N) is 1. The molecule has 2 atom stereocenters. The van der Waals surface area contributed by atoms with Crippen molar-refractivity contribution in [2.75, 3.05) is 13.2 Å². The van der Waals surface area contributed by atoms with Crippen molar-refractivity contribution in [1.29, 1.82) is 0 Å². The predicted molar refractivity (Wildman–Crippen MR) is 278 cm³/mol. The summed E-state index contributed by atoms with van der Waals surface area (Å²) < 4.78 is 5.48. The molecular formula is C58H109NO5. The molecule has 0 aliphatic carbocycles. The molecule has 0 aliphatic heterocycles. The summed E-state index contributed by atoms with van der Waals surface area (Å²) in [6.07, 6.45) is 65.8. The van der Waals surface area contributed by atoms with Gasteiger partial charge in [-0.15, -0.1) is 0 Å². The zero-order valence-electron chi connectivity index (χ0n) is 42.8. The van der Waals surface area contributed by atoms with Crippen molar-refractivity contribution in [3.8, 4) is 0 Å². The van der Waals surface area contributed by atoms with Gasteiger partial charge in [-0.3, -0.25) is 9.59 Å². The third-order valence-electron chi connectivity index (χ3n) is 12.9. The average molecular weight is 901 g/mol. The first kappa shape index (κ1) is 62.1. The molecule has 0 saturated carbocycles. The summed E-state index contributed by atoms with van der Waals surface area (Å²) >= 11 is 0. The van der Waals surface area contributed by atoms with Gasteiger partial charge >= 0.3 is 5.97 Å². The van der Waals surface area contributed by atoms with Crippen LogP contribution < -0.4 is 5.32 Å². The molecular weight excluding hydrogens is 791 g/mol. The minimum Gasteiger partial charge on any atom is -0.466 e. The van der Waals surface area contributed by atoms with Crippen LogP contribution in [0.25, 0.3) is 0 Å². The van der Waals surface area contributed by atoms with Gasteiger partial charge in [-0.2, -0.15) is 0 Å². The van der Waals surface area contributed by atoms with Gasteiger partial charge in [-0.05, 0) is 64.2 Å². The second-order valence-corrected chi connectivity index (χ2v) is 19.3. The first-order valence-corrected chi connectivity index (χ1v) is 28.3. The van der Waals surface area contributed by atoms with Crippen molar-refractivity contribution in [3.05, 3.63) is 36.5 Å². The molecule has 6 heteroatoms. The number of carbonyl (C=O) groups excluding carboxylic acids is 2. The Morgan fingerprint density at radius 1 is 0.438 bits per heavy atom. The topological polar surface area (TPSA) is 95.9 Å². The summed E-state index contributed by atoms with van der Waals surface area (Å²) in [7, 11) is 0. The molecule has 2 unspecified atom stereocenters. The minimum atomic E-state index is -0.852. The summed E-state index contributed by atoms with van der Waals surface area (Å²) in [5.41, 5.74) is 0. The summed E-state index contributed by atoms with van der Waals surface area (Å²) in [4.78, 5) is 24.5. The lowest BCUT2D eigenvalue weighted by atomic mass is 10.0.